The first-order chi connectivity index (χ1) is 14.8. The van der Waals surface area contributed by atoms with E-state index in [4.69, 9.17) is 0 Å². The van der Waals surface area contributed by atoms with Crippen molar-refractivity contribution in [2.45, 2.75) is 18.0 Å². The van der Waals surface area contributed by atoms with E-state index in [9.17, 15) is 25.8 Å². The summed E-state index contributed by atoms with van der Waals surface area (Å²) in [7, 11) is -4.16. The van der Waals surface area contributed by atoms with Crippen LogP contribution in [0.15, 0.2) is 33.8 Å². The van der Waals surface area contributed by atoms with Gasteiger partial charge in [0.25, 0.3) is 0 Å². The number of aromatic nitrogens is 4. The molecule has 0 amide bonds. The van der Waals surface area contributed by atoms with Crippen LogP contribution in [0.4, 0.5) is 18.9 Å². The van der Waals surface area contributed by atoms with Crippen LogP contribution in [0.25, 0.3) is 22.6 Å². The Bertz CT molecular complexity index is 1410. The van der Waals surface area contributed by atoms with Crippen LogP contribution in [0, 0.1) is 0 Å². The second-order valence-corrected chi connectivity index (χ2v) is 10.9. The topological polar surface area (TPSA) is 128 Å². The second kappa shape index (κ2) is 8.38. The zero-order valence-corrected chi connectivity index (χ0v) is 19.0. The van der Waals surface area contributed by atoms with E-state index in [2.05, 4.69) is 29.0 Å². The Morgan fingerprint density at radius 2 is 1.88 bits per heavy atom. The molecule has 174 valence electrons. The van der Waals surface area contributed by atoms with Gasteiger partial charge in [-0.05, 0) is 12.1 Å². The Morgan fingerprint density at radius 3 is 2.47 bits per heavy atom. The Balaban J connectivity index is 2.26. The van der Waals surface area contributed by atoms with Gasteiger partial charge in [0.05, 0.1) is 46.9 Å². The van der Waals surface area contributed by atoms with Crippen LogP contribution in [0.3, 0.4) is 0 Å². The number of halogens is 3. The minimum atomic E-state index is -4.66. The van der Waals surface area contributed by atoms with Crippen LogP contribution in [-0.2, 0) is 37.8 Å². The number of aryl methyl sites for hydroxylation is 1. The minimum absolute atomic E-state index is 0.00221. The molecule has 0 aliphatic carbocycles. The smallest absolute Gasteiger partial charge is 0.324 e. The molecular weight excluding hydrogens is 473 g/mol. The van der Waals surface area contributed by atoms with E-state index >= 15 is 0 Å². The summed E-state index contributed by atoms with van der Waals surface area (Å²) in [6, 6.07) is 1.96. The third-order valence-corrected chi connectivity index (χ3v) is 7.12. The molecule has 15 heteroatoms. The molecule has 1 atom stereocenters. The molecule has 0 saturated heterocycles. The standard InChI is InChI=1S/C17H19F3N6O4S2/c1-5-32(28,29)13-6-10(24-31(4,27)25-30-3)8-22-15(13)16-23-11-7-14(17(18,19)20)21-9-12(11)26(16)2/h6-9H,5H2,1-4H3,(H,24,25,27). The van der Waals surface area contributed by atoms with Gasteiger partial charge in [-0.3, -0.25) is 4.84 Å². The fourth-order valence-corrected chi connectivity index (χ4v) is 4.77. The normalized spacial score (nSPS) is 14.5. The maximum absolute atomic E-state index is 13.0. The number of imidazole rings is 1. The molecular formula is C17H19F3N6O4S2. The van der Waals surface area contributed by atoms with Crippen molar-refractivity contribution < 1.29 is 30.6 Å². The molecule has 3 heterocycles. The Morgan fingerprint density at radius 1 is 1.19 bits per heavy atom. The van der Waals surface area contributed by atoms with Crippen LogP contribution in [0.1, 0.15) is 12.6 Å². The SMILES string of the molecule is CCS(=O)(=O)c1cc(N=S(C)(=O)NOC)cnc1-c1nc2cc(C(F)(F)F)ncc2n1C. The fraction of sp³-hybridized carbons (Fsp3) is 0.353. The lowest BCUT2D eigenvalue weighted by molar-refractivity contribution is -0.141. The Labute approximate surface area is 182 Å². The number of fused-ring (bicyclic) bond motifs is 1. The van der Waals surface area contributed by atoms with E-state index in [1.807, 2.05) is 0 Å². The molecule has 3 aromatic rings. The maximum atomic E-state index is 13.0. The quantitative estimate of drug-likeness (QED) is 0.524. The first-order valence-electron chi connectivity index (χ1n) is 8.94. The number of rotatable bonds is 6. The molecule has 0 radical (unpaired) electrons. The highest BCUT2D eigenvalue weighted by Gasteiger charge is 2.33. The lowest BCUT2D eigenvalue weighted by Crippen LogP contribution is -2.19. The molecule has 3 rings (SSSR count). The van der Waals surface area contributed by atoms with Gasteiger partial charge in [0.1, 0.15) is 21.3 Å². The van der Waals surface area contributed by atoms with Crippen LogP contribution in [0.5, 0.6) is 0 Å². The molecule has 0 bridgehead atoms. The average molecular weight is 493 g/mol. The molecule has 0 aliphatic heterocycles. The zero-order valence-electron chi connectivity index (χ0n) is 17.3. The lowest BCUT2D eigenvalue weighted by atomic mass is 10.3. The van der Waals surface area contributed by atoms with Crippen molar-refractivity contribution in [2.24, 2.45) is 11.4 Å². The summed E-state index contributed by atoms with van der Waals surface area (Å²) < 4.78 is 82.2. The van der Waals surface area contributed by atoms with Gasteiger partial charge in [0.15, 0.2) is 15.7 Å². The van der Waals surface area contributed by atoms with Gasteiger partial charge in [0.2, 0.25) is 0 Å². The predicted octanol–water partition coefficient (Wildman–Crippen LogP) is 2.64. The van der Waals surface area contributed by atoms with Crippen LogP contribution < -0.4 is 4.89 Å². The molecule has 0 aliphatic rings. The Kier molecular flexibility index (Phi) is 6.29. The third kappa shape index (κ3) is 4.74. The summed E-state index contributed by atoms with van der Waals surface area (Å²) in [6.45, 7) is 1.42. The van der Waals surface area contributed by atoms with Crippen LogP contribution in [-0.4, -0.2) is 51.3 Å². The van der Waals surface area contributed by atoms with E-state index in [-0.39, 0.29) is 38.9 Å². The highest BCUT2D eigenvalue weighted by molar-refractivity contribution is 7.91. The van der Waals surface area contributed by atoms with Gasteiger partial charge in [0, 0.05) is 13.3 Å². The number of hydrogen-bond donors (Lipinski definition) is 1. The summed E-state index contributed by atoms with van der Waals surface area (Å²) >= 11 is 0. The predicted molar refractivity (Wildman–Crippen MR) is 111 cm³/mol. The van der Waals surface area contributed by atoms with Gasteiger partial charge in [-0.2, -0.15) is 17.5 Å². The van der Waals surface area contributed by atoms with Gasteiger partial charge >= 0.3 is 6.18 Å². The van der Waals surface area contributed by atoms with Crippen LogP contribution in [0.2, 0.25) is 0 Å². The number of nitrogens with zero attached hydrogens (tertiary/aromatic N) is 5. The van der Waals surface area contributed by atoms with E-state index in [0.717, 1.165) is 12.3 Å². The molecule has 0 saturated carbocycles. The Hall–Kier alpha value is -2.62. The zero-order chi connectivity index (χ0) is 23.9. The summed E-state index contributed by atoms with van der Waals surface area (Å²) in [5.41, 5.74) is -0.982. The van der Waals surface area contributed by atoms with E-state index in [1.54, 1.807) is 0 Å². The largest absolute Gasteiger partial charge is 0.433 e. The van der Waals surface area contributed by atoms with Gasteiger partial charge in [-0.1, -0.05) is 6.92 Å². The highest BCUT2D eigenvalue weighted by Crippen LogP contribution is 2.33. The van der Waals surface area contributed by atoms with E-state index < -0.39 is 31.6 Å². The molecule has 0 spiro atoms. The number of sulfone groups is 1. The minimum Gasteiger partial charge on any atom is -0.324 e. The van der Waals surface area contributed by atoms with Gasteiger partial charge in [-0.15, -0.1) is 4.89 Å². The highest BCUT2D eigenvalue weighted by atomic mass is 32.2. The monoisotopic (exact) mass is 492 g/mol. The fourth-order valence-electron chi connectivity index (χ4n) is 2.87. The maximum Gasteiger partial charge on any atom is 0.433 e. The summed E-state index contributed by atoms with van der Waals surface area (Å²) in [5.74, 6) is -0.265. The molecule has 3 aromatic heterocycles. The van der Waals surface area contributed by atoms with Crippen molar-refractivity contribution in [3.63, 3.8) is 0 Å². The van der Waals surface area contributed by atoms with Crippen molar-refractivity contribution >= 4 is 36.5 Å². The second-order valence-electron chi connectivity index (χ2n) is 6.68. The molecule has 1 unspecified atom stereocenters. The molecule has 32 heavy (non-hydrogen) atoms. The number of pyridine rings is 2. The molecule has 10 nitrogen and oxygen atoms in total. The number of alkyl halides is 3. The van der Waals surface area contributed by atoms with E-state index in [0.29, 0.717) is 0 Å². The number of nitrogens with one attached hydrogen (secondary N) is 1. The van der Waals surface area contributed by atoms with Crippen molar-refractivity contribution in [1.29, 1.82) is 0 Å². The third-order valence-electron chi connectivity index (χ3n) is 4.34. The van der Waals surface area contributed by atoms with Crippen molar-refractivity contribution in [3.8, 4) is 11.5 Å². The van der Waals surface area contributed by atoms with Crippen molar-refractivity contribution in [3.05, 3.63) is 30.2 Å². The summed E-state index contributed by atoms with van der Waals surface area (Å²) in [6.07, 6.45) is -1.22. The van der Waals surface area contributed by atoms with Crippen molar-refractivity contribution in [1.82, 2.24) is 24.4 Å². The average Bonchev–Trinajstić information content (AvgIpc) is 3.03. The van der Waals surface area contributed by atoms with Crippen LogP contribution >= 0.6 is 0 Å². The number of hydrogen-bond acceptors (Lipinski definition) is 8. The first-order valence-corrected chi connectivity index (χ1v) is 12.5. The lowest BCUT2D eigenvalue weighted by Gasteiger charge is -2.10. The van der Waals surface area contributed by atoms with Gasteiger partial charge < -0.3 is 4.57 Å². The summed E-state index contributed by atoms with van der Waals surface area (Å²) in [5, 5.41) is 0. The molecule has 0 aromatic carbocycles. The van der Waals surface area contributed by atoms with Gasteiger partial charge in [-0.25, -0.2) is 27.6 Å². The first kappa shape index (κ1) is 24.0. The molecule has 1 N–H and O–H groups in total. The molecule has 0 fully saturated rings. The van der Waals surface area contributed by atoms with E-state index in [1.165, 1.54) is 44.2 Å². The summed E-state index contributed by atoms with van der Waals surface area (Å²) in [4.78, 5) is 18.3. The van der Waals surface area contributed by atoms with Crippen molar-refractivity contribution in [2.75, 3.05) is 19.1 Å².